The van der Waals surface area contributed by atoms with E-state index in [1.165, 1.54) is 6.07 Å². The zero-order valence-corrected chi connectivity index (χ0v) is 11.9. The van der Waals surface area contributed by atoms with Gasteiger partial charge in [0.1, 0.15) is 12.1 Å². The van der Waals surface area contributed by atoms with Gasteiger partial charge in [0.25, 0.3) is 5.91 Å². The van der Waals surface area contributed by atoms with Crippen molar-refractivity contribution in [2.75, 3.05) is 6.54 Å². The van der Waals surface area contributed by atoms with Crippen molar-refractivity contribution in [1.82, 2.24) is 20.1 Å². The first-order valence-electron chi connectivity index (χ1n) is 5.67. The first kappa shape index (κ1) is 13.5. The van der Waals surface area contributed by atoms with E-state index >= 15 is 0 Å². The molecule has 0 spiro atoms. The fourth-order valence-electron chi connectivity index (χ4n) is 1.57. The molecule has 0 aliphatic rings. The molecule has 19 heavy (non-hydrogen) atoms. The second-order valence-corrected chi connectivity index (χ2v) is 4.92. The predicted octanol–water partition coefficient (Wildman–Crippen LogP) is 1.26. The monoisotopic (exact) mass is 324 g/mol. The maximum absolute atomic E-state index is 11.9. The van der Waals surface area contributed by atoms with Crippen LogP contribution in [0.3, 0.4) is 0 Å². The standard InChI is InChI=1S/C12H13BrN4O2/c1-17-7-15-11(16-17)4-5-14-12(19)9-6-8(13)2-3-10(9)18/h2-3,6-7,18H,4-5H2,1H3,(H,14,19). The van der Waals surface area contributed by atoms with Gasteiger partial charge in [0.2, 0.25) is 0 Å². The van der Waals surface area contributed by atoms with Crippen LogP contribution in [0.1, 0.15) is 16.2 Å². The Morgan fingerprint density at radius 2 is 2.32 bits per heavy atom. The molecule has 0 bridgehead atoms. The van der Waals surface area contributed by atoms with E-state index in [4.69, 9.17) is 0 Å². The van der Waals surface area contributed by atoms with Gasteiger partial charge in [0.05, 0.1) is 5.56 Å². The van der Waals surface area contributed by atoms with Gasteiger partial charge in [0, 0.05) is 24.5 Å². The van der Waals surface area contributed by atoms with Crippen LogP contribution in [0.4, 0.5) is 0 Å². The molecule has 0 atom stereocenters. The molecular formula is C12H13BrN4O2. The van der Waals surface area contributed by atoms with Gasteiger partial charge in [-0.2, -0.15) is 5.10 Å². The Bertz CT molecular complexity index is 597. The van der Waals surface area contributed by atoms with Crippen molar-refractivity contribution in [3.8, 4) is 5.75 Å². The van der Waals surface area contributed by atoms with Crippen LogP contribution >= 0.6 is 15.9 Å². The van der Waals surface area contributed by atoms with Crippen LogP contribution < -0.4 is 5.32 Å². The summed E-state index contributed by atoms with van der Waals surface area (Å²) in [7, 11) is 1.79. The number of aromatic hydroxyl groups is 1. The summed E-state index contributed by atoms with van der Waals surface area (Å²) >= 11 is 3.26. The average molecular weight is 325 g/mol. The molecule has 0 fully saturated rings. The van der Waals surface area contributed by atoms with E-state index in [1.807, 2.05) is 0 Å². The molecule has 0 unspecified atom stereocenters. The number of nitrogens with zero attached hydrogens (tertiary/aromatic N) is 3. The zero-order valence-electron chi connectivity index (χ0n) is 10.3. The van der Waals surface area contributed by atoms with E-state index in [0.717, 1.165) is 4.47 Å². The van der Waals surface area contributed by atoms with Crippen LogP contribution in [0, 0.1) is 0 Å². The number of rotatable bonds is 4. The molecule has 0 aliphatic heterocycles. The quantitative estimate of drug-likeness (QED) is 0.887. The minimum absolute atomic E-state index is 0.0448. The number of carbonyl (C=O) groups is 1. The van der Waals surface area contributed by atoms with Crippen molar-refractivity contribution in [2.45, 2.75) is 6.42 Å². The van der Waals surface area contributed by atoms with Crippen LogP contribution in [0.15, 0.2) is 29.0 Å². The van der Waals surface area contributed by atoms with Gasteiger partial charge >= 0.3 is 0 Å². The largest absolute Gasteiger partial charge is 0.507 e. The first-order chi connectivity index (χ1) is 9.06. The van der Waals surface area contributed by atoms with Gasteiger partial charge in [-0.15, -0.1) is 0 Å². The van der Waals surface area contributed by atoms with Crippen LogP contribution in [0.2, 0.25) is 0 Å². The van der Waals surface area contributed by atoms with E-state index in [-0.39, 0.29) is 17.2 Å². The molecule has 0 aliphatic carbocycles. The maximum atomic E-state index is 11.9. The summed E-state index contributed by atoms with van der Waals surface area (Å²) in [5.74, 6) is 0.299. The average Bonchev–Trinajstić information content (AvgIpc) is 2.78. The van der Waals surface area contributed by atoms with Crippen molar-refractivity contribution in [3.05, 3.63) is 40.4 Å². The summed E-state index contributed by atoms with van der Waals surface area (Å²) in [6.45, 7) is 0.412. The van der Waals surface area contributed by atoms with E-state index in [2.05, 4.69) is 31.3 Å². The number of phenolic OH excluding ortho intramolecular Hbond substituents is 1. The van der Waals surface area contributed by atoms with E-state index < -0.39 is 0 Å². The Morgan fingerprint density at radius 3 is 3.00 bits per heavy atom. The number of aromatic nitrogens is 3. The number of phenols is 1. The Balaban J connectivity index is 1.92. The Kier molecular flexibility index (Phi) is 4.16. The minimum atomic E-state index is -0.324. The van der Waals surface area contributed by atoms with Gasteiger partial charge in [-0.1, -0.05) is 15.9 Å². The molecule has 1 heterocycles. The maximum Gasteiger partial charge on any atom is 0.255 e. The van der Waals surface area contributed by atoms with Crippen molar-refractivity contribution in [3.63, 3.8) is 0 Å². The fraction of sp³-hybridized carbons (Fsp3) is 0.250. The number of halogens is 1. The topological polar surface area (TPSA) is 80.0 Å². The van der Waals surface area contributed by atoms with Crippen molar-refractivity contribution >= 4 is 21.8 Å². The second kappa shape index (κ2) is 5.83. The molecule has 2 rings (SSSR count). The fourth-order valence-corrected chi connectivity index (χ4v) is 1.93. The van der Waals surface area contributed by atoms with Crippen LogP contribution in [0.5, 0.6) is 5.75 Å². The highest BCUT2D eigenvalue weighted by molar-refractivity contribution is 9.10. The highest BCUT2D eigenvalue weighted by Gasteiger charge is 2.11. The van der Waals surface area contributed by atoms with Crippen LogP contribution in [0.25, 0.3) is 0 Å². The molecule has 100 valence electrons. The number of nitrogens with one attached hydrogen (secondary N) is 1. The van der Waals surface area contributed by atoms with Gasteiger partial charge < -0.3 is 10.4 Å². The van der Waals surface area contributed by atoms with Gasteiger partial charge in [-0.05, 0) is 18.2 Å². The number of benzene rings is 1. The lowest BCUT2D eigenvalue weighted by atomic mass is 10.2. The SMILES string of the molecule is Cn1cnc(CCNC(=O)c2cc(Br)ccc2O)n1. The smallest absolute Gasteiger partial charge is 0.255 e. The molecule has 2 N–H and O–H groups in total. The lowest BCUT2D eigenvalue weighted by Crippen LogP contribution is -2.26. The Labute approximate surface area is 118 Å². The normalized spacial score (nSPS) is 10.4. The van der Waals surface area contributed by atoms with E-state index in [1.54, 1.807) is 30.2 Å². The van der Waals surface area contributed by atoms with Crippen LogP contribution in [-0.4, -0.2) is 32.3 Å². The summed E-state index contributed by atoms with van der Waals surface area (Å²) in [6, 6.07) is 4.72. The minimum Gasteiger partial charge on any atom is -0.507 e. The summed E-state index contributed by atoms with van der Waals surface area (Å²) in [5.41, 5.74) is 0.239. The summed E-state index contributed by atoms with van der Waals surface area (Å²) in [5, 5.41) is 16.4. The highest BCUT2D eigenvalue weighted by Crippen LogP contribution is 2.21. The summed E-state index contributed by atoms with van der Waals surface area (Å²) in [6.07, 6.45) is 2.15. The van der Waals surface area contributed by atoms with Crippen molar-refractivity contribution in [1.29, 1.82) is 0 Å². The van der Waals surface area contributed by atoms with Gasteiger partial charge in [0.15, 0.2) is 5.82 Å². The third kappa shape index (κ3) is 3.54. The molecule has 7 heteroatoms. The first-order valence-corrected chi connectivity index (χ1v) is 6.47. The van der Waals surface area contributed by atoms with Crippen LogP contribution in [-0.2, 0) is 13.5 Å². The lowest BCUT2D eigenvalue weighted by molar-refractivity contribution is 0.0951. The van der Waals surface area contributed by atoms with E-state index in [9.17, 15) is 9.90 Å². The van der Waals surface area contributed by atoms with Crippen molar-refractivity contribution in [2.24, 2.45) is 7.05 Å². The third-order valence-electron chi connectivity index (χ3n) is 2.48. The number of hydrogen-bond donors (Lipinski definition) is 2. The molecule has 6 nitrogen and oxygen atoms in total. The molecule has 0 saturated heterocycles. The summed E-state index contributed by atoms with van der Waals surface area (Å²) < 4.78 is 2.35. The van der Waals surface area contributed by atoms with Crippen molar-refractivity contribution < 1.29 is 9.90 Å². The molecule has 1 amide bonds. The molecule has 2 aromatic rings. The zero-order chi connectivity index (χ0) is 13.8. The number of amides is 1. The predicted molar refractivity (Wildman–Crippen MR) is 72.8 cm³/mol. The summed E-state index contributed by atoms with van der Waals surface area (Å²) in [4.78, 5) is 15.9. The van der Waals surface area contributed by atoms with Gasteiger partial charge in [-0.25, -0.2) is 4.98 Å². The number of carbonyl (C=O) groups excluding carboxylic acids is 1. The molecule has 0 saturated carbocycles. The number of aryl methyl sites for hydroxylation is 1. The molecular weight excluding hydrogens is 312 g/mol. The third-order valence-corrected chi connectivity index (χ3v) is 2.98. The Hall–Kier alpha value is -1.89. The Morgan fingerprint density at radius 1 is 1.53 bits per heavy atom. The van der Waals surface area contributed by atoms with E-state index in [0.29, 0.717) is 18.8 Å². The molecule has 0 radical (unpaired) electrons. The molecule has 1 aromatic carbocycles. The van der Waals surface area contributed by atoms with Gasteiger partial charge in [-0.3, -0.25) is 9.48 Å². The highest BCUT2D eigenvalue weighted by atomic mass is 79.9. The second-order valence-electron chi connectivity index (χ2n) is 4.00. The number of hydrogen-bond acceptors (Lipinski definition) is 4. The lowest BCUT2D eigenvalue weighted by Gasteiger charge is -2.06. The molecule has 1 aromatic heterocycles.